The third-order valence-corrected chi connectivity index (χ3v) is 4.27. The van der Waals surface area contributed by atoms with E-state index in [1.165, 1.54) is 12.5 Å². The molecule has 0 heterocycles. The Kier molecular flexibility index (Phi) is 4.97. The first-order valence-corrected chi connectivity index (χ1v) is 7.68. The SMILES string of the molecule is CCN(C(=O)c1cc(Br)ccc1F)C1CCCCC1. The highest BCUT2D eigenvalue weighted by atomic mass is 79.9. The van der Waals surface area contributed by atoms with Crippen molar-refractivity contribution >= 4 is 21.8 Å². The van der Waals surface area contributed by atoms with Crippen LogP contribution in [0.1, 0.15) is 49.4 Å². The van der Waals surface area contributed by atoms with Crippen molar-refractivity contribution < 1.29 is 9.18 Å². The lowest BCUT2D eigenvalue weighted by atomic mass is 9.93. The van der Waals surface area contributed by atoms with Gasteiger partial charge < -0.3 is 4.90 Å². The van der Waals surface area contributed by atoms with Crippen molar-refractivity contribution in [1.29, 1.82) is 0 Å². The summed E-state index contributed by atoms with van der Waals surface area (Å²) >= 11 is 3.29. The van der Waals surface area contributed by atoms with E-state index in [0.717, 1.165) is 30.2 Å². The minimum atomic E-state index is -0.442. The molecule has 0 atom stereocenters. The van der Waals surface area contributed by atoms with E-state index >= 15 is 0 Å². The molecule has 0 saturated heterocycles. The molecule has 0 bridgehead atoms. The lowest BCUT2D eigenvalue weighted by molar-refractivity contribution is 0.0643. The molecule has 0 spiro atoms. The Morgan fingerprint density at radius 2 is 2.05 bits per heavy atom. The van der Waals surface area contributed by atoms with Crippen LogP contribution >= 0.6 is 15.9 Å². The van der Waals surface area contributed by atoms with E-state index in [1.54, 1.807) is 12.1 Å². The molecule has 4 heteroatoms. The normalized spacial score (nSPS) is 16.4. The topological polar surface area (TPSA) is 20.3 Å². The Bertz CT molecular complexity index is 457. The highest BCUT2D eigenvalue weighted by Crippen LogP contribution is 2.25. The van der Waals surface area contributed by atoms with E-state index in [9.17, 15) is 9.18 Å². The average Bonchev–Trinajstić information content (AvgIpc) is 2.43. The molecule has 0 aromatic heterocycles. The fraction of sp³-hybridized carbons (Fsp3) is 0.533. The first kappa shape index (κ1) is 14.5. The monoisotopic (exact) mass is 327 g/mol. The van der Waals surface area contributed by atoms with Crippen LogP contribution < -0.4 is 0 Å². The van der Waals surface area contributed by atoms with Gasteiger partial charge in [0.15, 0.2) is 0 Å². The fourth-order valence-corrected chi connectivity index (χ4v) is 3.14. The molecule has 0 unspecified atom stereocenters. The lowest BCUT2D eigenvalue weighted by Gasteiger charge is -2.33. The van der Waals surface area contributed by atoms with Crippen LogP contribution in [0.3, 0.4) is 0 Å². The predicted molar refractivity (Wildman–Crippen MR) is 77.7 cm³/mol. The number of benzene rings is 1. The molecular formula is C15H19BrFNO. The molecule has 1 saturated carbocycles. The van der Waals surface area contributed by atoms with Gasteiger partial charge >= 0.3 is 0 Å². The zero-order chi connectivity index (χ0) is 13.8. The molecule has 1 amide bonds. The molecule has 2 nitrogen and oxygen atoms in total. The molecule has 1 aromatic rings. The van der Waals surface area contributed by atoms with Crippen molar-refractivity contribution in [2.45, 2.75) is 45.1 Å². The Morgan fingerprint density at radius 3 is 2.68 bits per heavy atom. The summed E-state index contributed by atoms with van der Waals surface area (Å²) < 4.78 is 14.5. The number of rotatable bonds is 3. The van der Waals surface area contributed by atoms with Gasteiger partial charge in [-0.3, -0.25) is 4.79 Å². The van der Waals surface area contributed by atoms with E-state index in [-0.39, 0.29) is 17.5 Å². The summed E-state index contributed by atoms with van der Waals surface area (Å²) in [6.07, 6.45) is 5.64. The summed E-state index contributed by atoms with van der Waals surface area (Å²) in [6, 6.07) is 4.79. The van der Waals surface area contributed by atoms with Crippen molar-refractivity contribution in [3.8, 4) is 0 Å². The van der Waals surface area contributed by atoms with Crippen LogP contribution in [0, 0.1) is 5.82 Å². The van der Waals surface area contributed by atoms with Crippen LogP contribution in [0.4, 0.5) is 4.39 Å². The molecule has 1 aliphatic rings. The van der Waals surface area contributed by atoms with Crippen molar-refractivity contribution in [3.63, 3.8) is 0 Å². The van der Waals surface area contributed by atoms with E-state index in [2.05, 4.69) is 15.9 Å². The highest BCUT2D eigenvalue weighted by Gasteiger charge is 2.26. The molecule has 2 rings (SSSR count). The van der Waals surface area contributed by atoms with E-state index < -0.39 is 5.82 Å². The first-order chi connectivity index (χ1) is 9.13. The zero-order valence-electron chi connectivity index (χ0n) is 11.2. The van der Waals surface area contributed by atoms with Gasteiger partial charge in [-0.2, -0.15) is 0 Å². The molecule has 0 aliphatic heterocycles. The van der Waals surface area contributed by atoms with Gasteiger partial charge in [-0.1, -0.05) is 35.2 Å². The summed E-state index contributed by atoms with van der Waals surface area (Å²) in [5.74, 6) is -0.629. The standard InChI is InChI=1S/C15H19BrFNO/c1-2-18(12-6-4-3-5-7-12)15(19)13-10-11(16)8-9-14(13)17/h8-10,12H,2-7H2,1H3. The van der Waals surface area contributed by atoms with Gasteiger partial charge in [0.05, 0.1) is 5.56 Å². The summed E-state index contributed by atoms with van der Waals surface area (Å²) in [5, 5.41) is 0. The number of halogens is 2. The maximum absolute atomic E-state index is 13.8. The Labute approximate surface area is 122 Å². The number of amides is 1. The molecule has 1 fully saturated rings. The third kappa shape index (κ3) is 3.35. The summed E-state index contributed by atoms with van der Waals surface area (Å²) in [4.78, 5) is 14.3. The van der Waals surface area contributed by atoms with Gasteiger partial charge in [0.25, 0.3) is 5.91 Å². The van der Waals surface area contributed by atoms with Crippen LogP contribution in [0.5, 0.6) is 0 Å². The second-order valence-electron chi connectivity index (χ2n) is 5.01. The van der Waals surface area contributed by atoms with E-state index in [4.69, 9.17) is 0 Å². The maximum Gasteiger partial charge on any atom is 0.257 e. The number of nitrogens with zero attached hydrogens (tertiary/aromatic N) is 1. The smallest absolute Gasteiger partial charge is 0.257 e. The third-order valence-electron chi connectivity index (χ3n) is 3.78. The van der Waals surface area contributed by atoms with Gasteiger partial charge in [-0.15, -0.1) is 0 Å². The molecule has 104 valence electrons. The van der Waals surface area contributed by atoms with Crippen LogP contribution in [0.25, 0.3) is 0 Å². The molecule has 0 N–H and O–H groups in total. The fourth-order valence-electron chi connectivity index (χ4n) is 2.78. The minimum Gasteiger partial charge on any atom is -0.336 e. The Balaban J connectivity index is 2.22. The minimum absolute atomic E-state index is 0.168. The second-order valence-corrected chi connectivity index (χ2v) is 5.92. The largest absolute Gasteiger partial charge is 0.336 e. The summed E-state index contributed by atoms with van der Waals surface area (Å²) in [6.45, 7) is 2.60. The molecule has 0 radical (unpaired) electrons. The van der Waals surface area contributed by atoms with Gasteiger partial charge in [0, 0.05) is 17.1 Å². The van der Waals surface area contributed by atoms with Gasteiger partial charge in [0.2, 0.25) is 0 Å². The van der Waals surface area contributed by atoms with Gasteiger partial charge in [-0.25, -0.2) is 4.39 Å². The van der Waals surface area contributed by atoms with E-state index in [1.807, 2.05) is 11.8 Å². The van der Waals surface area contributed by atoms with E-state index in [0.29, 0.717) is 6.54 Å². The quantitative estimate of drug-likeness (QED) is 0.806. The maximum atomic E-state index is 13.8. The van der Waals surface area contributed by atoms with Crippen molar-refractivity contribution in [2.75, 3.05) is 6.54 Å². The van der Waals surface area contributed by atoms with Gasteiger partial charge in [-0.05, 0) is 38.0 Å². The first-order valence-electron chi connectivity index (χ1n) is 6.89. The van der Waals surface area contributed by atoms with Crippen LogP contribution in [-0.2, 0) is 0 Å². The van der Waals surface area contributed by atoms with Crippen LogP contribution in [0.2, 0.25) is 0 Å². The predicted octanol–water partition coefficient (Wildman–Crippen LogP) is 4.38. The van der Waals surface area contributed by atoms with Crippen molar-refractivity contribution in [3.05, 3.63) is 34.1 Å². The Hall–Kier alpha value is -0.900. The second kappa shape index (κ2) is 6.51. The summed E-state index contributed by atoms with van der Waals surface area (Å²) in [7, 11) is 0. The van der Waals surface area contributed by atoms with Crippen molar-refractivity contribution in [2.24, 2.45) is 0 Å². The number of hydrogen-bond donors (Lipinski definition) is 0. The molecule has 19 heavy (non-hydrogen) atoms. The molecule has 1 aromatic carbocycles. The van der Waals surface area contributed by atoms with Crippen LogP contribution in [0.15, 0.2) is 22.7 Å². The number of hydrogen-bond acceptors (Lipinski definition) is 1. The Morgan fingerprint density at radius 1 is 1.37 bits per heavy atom. The number of carbonyl (C=O) groups is 1. The van der Waals surface area contributed by atoms with Gasteiger partial charge in [0.1, 0.15) is 5.82 Å². The lowest BCUT2D eigenvalue weighted by Crippen LogP contribution is -2.41. The molecular weight excluding hydrogens is 309 g/mol. The van der Waals surface area contributed by atoms with Crippen molar-refractivity contribution in [1.82, 2.24) is 4.90 Å². The molecule has 1 aliphatic carbocycles. The highest BCUT2D eigenvalue weighted by molar-refractivity contribution is 9.10. The summed E-state index contributed by atoms with van der Waals surface area (Å²) in [5.41, 5.74) is 0.168. The van der Waals surface area contributed by atoms with Crippen LogP contribution in [-0.4, -0.2) is 23.4 Å². The average molecular weight is 328 g/mol. The number of carbonyl (C=O) groups excluding carboxylic acids is 1. The zero-order valence-corrected chi connectivity index (χ0v) is 12.7.